The van der Waals surface area contributed by atoms with Crippen molar-refractivity contribution in [2.24, 2.45) is 17.6 Å². The van der Waals surface area contributed by atoms with E-state index in [4.69, 9.17) is 5.73 Å². The van der Waals surface area contributed by atoms with Crippen LogP contribution >= 0.6 is 0 Å². The van der Waals surface area contributed by atoms with Crippen LogP contribution in [0.4, 0.5) is 0 Å². The molecule has 0 spiro atoms. The third-order valence-corrected chi connectivity index (χ3v) is 4.67. The predicted octanol–water partition coefficient (Wildman–Crippen LogP) is 3.56. The van der Waals surface area contributed by atoms with E-state index in [-0.39, 0.29) is 6.04 Å². The first-order chi connectivity index (χ1) is 9.17. The standard InChI is InChI=1S/C16H27N3/c1-4-12-8-6-7-9-13(12)16(17)14-10-11(3)18-19-15(14)5-2/h10,12-13,16H,4-9,17H2,1-3H3. The second-order valence-corrected chi connectivity index (χ2v) is 5.88. The Bertz CT molecular complexity index is 416. The lowest BCUT2D eigenvalue weighted by Crippen LogP contribution is -2.31. The highest BCUT2D eigenvalue weighted by Crippen LogP contribution is 2.39. The summed E-state index contributed by atoms with van der Waals surface area (Å²) in [6.45, 7) is 6.43. The molecule has 2 rings (SSSR count). The van der Waals surface area contributed by atoms with E-state index in [1.54, 1.807) is 0 Å². The number of hydrogen-bond donors (Lipinski definition) is 1. The molecule has 0 saturated heterocycles. The van der Waals surface area contributed by atoms with Crippen molar-refractivity contribution in [2.75, 3.05) is 0 Å². The van der Waals surface area contributed by atoms with Crippen molar-refractivity contribution in [3.8, 4) is 0 Å². The number of aromatic nitrogens is 2. The van der Waals surface area contributed by atoms with Crippen LogP contribution in [-0.2, 0) is 6.42 Å². The Kier molecular flexibility index (Phi) is 4.92. The number of aryl methyl sites for hydroxylation is 2. The fraction of sp³-hybridized carbons (Fsp3) is 0.750. The molecule has 1 heterocycles. The summed E-state index contributed by atoms with van der Waals surface area (Å²) in [5.41, 5.74) is 9.91. The maximum atomic E-state index is 6.61. The van der Waals surface area contributed by atoms with E-state index in [0.29, 0.717) is 5.92 Å². The molecule has 0 bridgehead atoms. The summed E-state index contributed by atoms with van der Waals surface area (Å²) in [7, 11) is 0. The van der Waals surface area contributed by atoms with Gasteiger partial charge in [-0.1, -0.05) is 39.5 Å². The smallest absolute Gasteiger partial charge is 0.0676 e. The van der Waals surface area contributed by atoms with E-state index < -0.39 is 0 Å². The third kappa shape index (κ3) is 3.14. The van der Waals surface area contributed by atoms with Gasteiger partial charge in [-0.3, -0.25) is 0 Å². The van der Waals surface area contributed by atoms with Crippen molar-refractivity contribution < 1.29 is 0 Å². The first kappa shape index (κ1) is 14.4. The zero-order valence-corrected chi connectivity index (χ0v) is 12.5. The van der Waals surface area contributed by atoms with Gasteiger partial charge in [-0.25, -0.2) is 0 Å². The van der Waals surface area contributed by atoms with Crippen molar-refractivity contribution >= 4 is 0 Å². The molecule has 1 aromatic heterocycles. The second-order valence-electron chi connectivity index (χ2n) is 5.88. The van der Waals surface area contributed by atoms with Gasteiger partial charge in [0, 0.05) is 6.04 Å². The Morgan fingerprint density at radius 2 is 2.00 bits per heavy atom. The zero-order chi connectivity index (χ0) is 13.8. The van der Waals surface area contributed by atoms with Gasteiger partial charge in [0.15, 0.2) is 0 Å². The molecule has 19 heavy (non-hydrogen) atoms. The highest BCUT2D eigenvalue weighted by atomic mass is 15.1. The zero-order valence-electron chi connectivity index (χ0n) is 12.5. The summed E-state index contributed by atoms with van der Waals surface area (Å²) in [5.74, 6) is 1.40. The summed E-state index contributed by atoms with van der Waals surface area (Å²) in [6, 6.07) is 2.28. The van der Waals surface area contributed by atoms with E-state index in [1.165, 1.54) is 37.7 Å². The van der Waals surface area contributed by atoms with Crippen LogP contribution < -0.4 is 5.73 Å². The van der Waals surface area contributed by atoms with Gasteiger partial charge in [0.1, 0.15) is 0 Å². The third-order valence-electron chi connectivity index (χ3n) is 4.67. The second kappa shape index (κ2) is 6.47. The monoisotopic (exact) mass is 261 g/mol. The van der Waals surface area contributed by atoms with E-state index in [0.717, 1.165) is 23.7 Å². The number of hydrogen-bond acceptors (Lipinski definition) is 3. The molecule has 0 amide bonds. The lowest BCUT2D eigenvalue weighted by Gasteiger charge is -2.35. The average Bonchev–Trinajstić information content (AvgIpc) is 2.46. The number of rotatable bonds is 4. The number of nitrogens with zero attached hydrogens (tertiary/aromatic N) is 2. The molecule has 1 aromatic rings. The lowest BCUT2D eigenvalue weighted by molar-refractivity contribution is 0.195. The Hall–Kier alpha value is -0.960. The summed E-state index contributed by atoms with van der Waals surface area (Å²) in [6.07, 6.45) is 7.47. The molecular formula is C16H27N3. The molecule has 3 nitrogen and oxygen atoms in total. The molecular weight excluding hydrogens is 234 g/mol. The van der Waals surface area contributed by atoms with Gasteiger partial charge < -0.3 is 5.73 Å². The van der Waals surface area contributed by atoms with Gasteiger partial charge in [-0.15, -0.1) is 0 Å². The summed E-state index contributed by atoms with van der Waals surface area (Å²) in [4.78, 5) is 0. The molecule has 3 heteroatoms. The SMILES string of the molecule is CCc1nnc(C)cc1C(N)C1CCCCC1CC. The van der Waals surface area contributed by atoms with Gasteiger partial charge in [0.2, 0.25) is 0 Å². The predicted molar refractivity (Wildman–Crippen MR) is 78.8 cm³/mol. The van der Waals surface area contributed by atoms with Gasteiger partial charge >= 0.3 is 0 Å². The molecule has 0 radical (unpaired) electrons. The molecule has 1 aliphatic rings. The Balaban J connectivity index is 2.26. The van der Waals surface area contributed by atoms with E-state index in [1.807, 2.05) is 6.92 Å². The summed E-state index contributed by atoms with van der Waals surface area (Å²) >= 11 is 0. The molecule has 3 atom stereocenters. The lowest BCUT2D eigenvalue weighted by atomic mass is 9.72. The molecule has 106 valence electrons. The number of nitrogens with two attached hydrogens (primary N) is 1. The van der Waals surface area contributed by atoms with Crippen molar-refractivity contribution in [3.05, 3.63) is 23.0 Å². The molecule has 1 saturated carbocycles. The van der Waals surface area contributed by atoms with Crippen LogP contribution in [-0.4, -0.2) is 10.2 Å². The van der Waals surface area contributed by atoms with Gasteiger partial charge in [0.25, 0.3) is 0 Å². The summed E-state index contributed by atoms with van der Waals surface area (Å²) < 4.78 is 0. The normalized spacial score (nSPS) is 25.3. The van der Waals surface area contributed by atoms with Crippen LogP contribution in [0.2, 0.25) is 0 Å². The minimum absolute atomic E-state index is 0.134. The van der Waals surface area contributed by atoms with Gasteiger partial charge in [-0.2, -0.15) is 10.2 Å². The highest BCUT2D eigenvalue weighted by molar-refractivity contribution is 5.25. The molecule has 0 aliphatic heterocycles. The van der Waals surface area contributed by atoms with Crippen molar-refractivity contribution in [1.29, 1.82) is 0 Å². The van der Waals surface area contributed by atoms with Crippen LogP contribution in [0.3, 0.4) is 0 Å². The van der Waals surface area contributed by atoms with Crippen LogP contribution in [0.5, 0.6) is 0 Å². The van der Waals surface area contributed by atoms with Crippen molar-refractivity contribution in [3.63, 3.8) is 0 Å². The fourth-order valence-corrected chi connectivity index (χ4v) is 3.54. The van der Waals surface area contributed by atoms with Gasteiger partial charge in [0.05, 0.1) is 11.4 Å². The Morgan fingerprint density at radius 1 is 1.26 bits per heavy atom. The molecule has 2 N–H and O–H groups in total. The minimum atomic E-state index is 0.134. The van der Waals surface area contributed by atoms with E-state index >= 15 is 0 Å². The largest absolute Gasteiger partial charge is 0.324 e. The Morgan fingerprint density at radius 3 is 2.68 bits per heavy atom. The van der Waals surface area contributed by atoms with E-state index in [9.17, 15) is 0 Å². The molecule has 1 fully saturated rings. The maximum Gasteiger partial charge on any atom is 0.0676 e. The van der Waals surface area contributed by atoms with Gasteiger partial charge in [-0.05, 0) is 43.2 Å². The quantitative estimate of drug-likeness (QED) is 0.901. The topological polar surface area (TPSA) is 51.8 Å². The maximum absolute atomic E-state index is 6.61. The van der Waals surface area contributed by atoms with Crippen LogP contribution in [0.1, 0.15) is 68.9 Å². The molecule has 3 unspecified atom stereocenters. The fourth-order valence-electron chi connectivity index (χ4n) is 3.54. The van der Waals surface area contributed by atoms with Crippen LogP contribution in [0.15, 0.2) is 6.07 Å². The summed E-state index contributed by atoms with van der Waals surface area (Å²) in [5, 5.41) is 8.51. The highest BCUT2D eigenvalue weighted by Gasteiger charge is 2.30. The van der Waals surface area contributed by atoms with E-state index in [2.05, 4.69) is 30.1 Å². The van der Waals surface area contributed by atoms with Crippen LogP contribution in [0, 0.1) is 18.8 Å². The first-order valence-corrected chi connectivity index (χ1v) is 7.76. The van der Waals surface area contributed by atoms with Crippen LogP contribution in [0.25, 0.3) is 0 Å². The average molecular weight is 261 g/mol. The van der Waals surface area contributed by atoms with Crippen molar-refractivity contribution in [1.82, 2.24) is 10.2 Å². The molecule has 0 aromatic carbocycles. The van der Waals surface area contributed by atoms with Crippen molar-refractivity contribution in [2.45, 2.75) is 65.3 Å². The minimum Gasteiger partial charge on any atom is -0.324 e. The Labute approximate surface area is 117 Å². The first-order valence-electron chi connectivity index (χ1n) is 7.76. The molecule has 1 aliphatic carbocycles.